The van der Waals surface area contributed by atoms with Crippen molar-refractivity contribution < 1.29 is 21.6 Å². The first kappa shape index (κ1) is 28.3. The summed E-state index contributed by atoms with van der Waals surface area (Å²) < 4.78 is 72.7. The van der Waals surface area contributed by atoms with Gasteiger partial charge in [0.25, 0.3) is 10.2 Å². The molecule has 6 rings (SSSR count). The van der Waals surface area contributed by atoms with Crippen LogP contribution < -0.4 is 4.72 Å². The molecule has 0 spiro atoms. The molecule has 4 atom stereocenters. The number of alkyl halides is 2. The van der Waals surface area contributed by atoms with E-state index >= 15 is 0 Å². The number of amidine groups is 1. The van der Waals surface area contributed by atoms with Crippen molar-refractivity contribution >= 4 is 44.6 Å². The van der Waals surface area contributed by atoms with E-state index in [0.717, 1.165) is 0 Å². The number of fused-ring (bicyclic) bond motifs is 1. The third-order valence-electron chi connectivity index (χ3n) is 7.84. The Labute approximate surface area is 244 Å². The molecule has 0 amide bonds. The lowest BCUT2D eigenvalue weighted by molar-refractivity contribution is 0.0564. The van der Waals surface area contributed by atoms with Crippen LogP contribution in [0.15, 0.2) is 52.7 Å². The summed E-state index contributed by atoms with van der Waals surface area (Å²) in [6, 6.07) is 4.04. The molecule has 218 valence electrons. The molecule has 1 aromatic carbocycles. The molecule has 2 saturated heterocycles. The van der Waals surface area contributed by atoms with Gasteiger partial charge in [0.15, 0.2) is 10.8 Å². The Bertz CT molecular complexity index is 1620. The van der Waals surface area contributed by atoms with E-state index in [1.165, 1.54) is 46.1 Å². The van der Waals surface area contributed by atoms with Gasteiger partial charge in [-0.1, -0.05) is 31.5 Å². The smallest absolute Gasteiger partial charge is 0.326 e. The zero-order valence-corrected chi connectivity index (χ0v) is 24.5. The fourth-order valence-corrected chi connectivity index (χ4v) is 8.09. The summed E-state index contributed by atoms with van der Waals surface area (Å²) in [7, 11) is -3.79. The largest absolute Gasteiger partial charge is 0.333 e. The maximum Gasteiger partial charge on any atom is 0.333 e. The highest BCUT2D eigenvalue weighted by Crippen LogP contribution is 2.46. The van der Waals surface area contributed by atoms with Gasteiger partial charge in [-0.3, -0.25) is 4.99 Å². The van der Waals surface area contributed by atoms with Gasteiger partial charge in [-0.05, 0) is 30.0 Å². The van der Waals surface area contributed by atoms with E-state index in [1.807, 2.05) is 18.7 Å². The molecule has 3 aromatic rings. The van der Waals surface area contributed by atoms with Crippen molar-refractivity contribution in [1.82, 2.24) is 28.7 Å². The van der Waals surface area contributed by atoms with Gasteiger partial charge in [-0.25, -0.2) is 14.1 Å². The Hall–Kier alpha value is -2.78. The van der Waals surface area contributed by atoms with Gasteiger partial charge in [0.2, 0.25) is 0 Å². The highest BCUT2D eigenvalue weighted by atomic mass is 35.5. The normalized spacial score (nSPS) is 25.3. The van der Waals surface area contributed by atoms with Crippen molar-refractivity contribution in [3.05, 3.63) is 74.8 Å². The van der Waals surface area contributed by atoms with E-state index in [1.54, 1.807) is 11.6 Å². The summed E-state index contributed by atoms with van der Waals surface area (Å²) in [5, 5.41) is 6.62. The summed E-state index contributed by atoms with van der Waals surface area (Å²) in [6.45, 7) is 2.32. The number of halogens is 4. The number of benzene rings is 1. The van der Waals surface area contributed by atoms with E-state index in [2.05, 4.69) is 14.8 Å². The minimum atomic E-state index is -3.79. The molecular weight excluding hydrogens is 599 g/mol. The molecule has 1 N–H and O–H groups in total. The molecule has 9 nitrogen and oxygen atoms in total. The fraction of sp³-hybridized carbons (Fsp3) is 0.423. The Kier molecular flexibility index (Phi) is 7.47. The molecule has 15 heteroatoms. The molecule has 41 heavy (non-hydrogen) atoms. The van der Waals surface area contributed by atoms with Crippen LogP contribution in [0.3, 0.4) is 0 Å². The van der Waals surface area contributed by atoms with Gasteiger partial charge in [-0.15, -0.1) is 11.3 Å². The SMILES string of the molecule is C[C@@H]1CN(S(=O)(=O)N[C@H]2CC3=C(c4ccn(C(F)F)n4)[C@H](c4ccc(F)cc4Cl)N=C(c4nccs4)N3C2)C[C@@H]1C. The van der Waals surface area contributed by atoms with Crippen LogP contribution in [0, 0.1) is 17.7 Å². The van der Waals surface area contributed by atoms with Crippen LogP contribution in [0.4, 0.5) is 13.2 Å². The van der Waals surface area contributed by atoms with Gasteiger partial charge in [0, 0.05) is 71.7 Å². The number of rotatable bonds is 7. The fourth-order valence-electron chi connectivity index (χ4n) is 5.59. The van der Waals surface area contributed by atoms with E-state index in [9.17, 15) is 21.6 Å². The Morgan fingerprint density at radius 3 is 2.54 bits per heavy atom. The average Bonchev–Trinajstić information content (AvgIpc) is 3.71. The van der Waals surface area contributed by atoms with Crippen LogP contribution in [0.25, 0.3) is 5.57 Å². The second-order valence-electron chi connectivity index (χ2n) is 10.6. The van der Waals surface area contributed by atoms with Crippen molar-refractivity contribution in [3.63, 3.8) is 0 Å². The first-order valence-corrected chi connectivity index (χ1v) is 15.8. The number of thiazole rings is 1. The summed E-state index contributed by atoms with van der Waals surface area (Å²) in [5.41, 5.74) is 1.84. The summed E-state index contributed by atoms with van der Waals surface area (Å²) in [4.78, 5) is 11.3. The predicted octanol–water partition coefficient (Wildman–Crippen LogP) is 4.94. The zero-order valence-electron chi connectivity index (χ0n) is 22.1. The van der Waals surface area contributed by atoms with E-state index < -0.39 is 34.7 Å². The molecule has 0 aliphatic carbocycles. The summed E-state index contributed by atoms with van der Waals surface area (Å²) >= 11 is 7.86. The zero-order chi connectivity index (χ0) is 29.1. The second-order valence-corrected chi connectivity index (χ2v) is 13.6. The second kappa shape index (κ2) is 10.8. The quantitative estimate of drug-likeness (QED) is 0.402. The van der Waals surface area contributed by atoms with Crippen LogP contribution in [0.2, 0.25) is 5.02 Å². The van der Waals surface area contributed by atoms with E-state index in [4.69, 9.17) is 16.6 Å². The number of aliphatic imine (C=N–C) groups is 1. The monoisotopic (exact) mass is 625 g/mol. The number of hydrogen-bond acceptors (Lipinski definition) is 7. The third kappa shape index (κ3) is 5.31. The Morgan fingerprint density at radius 2 is 1.90 bits per heavy atom. The molecule has 0 radical (unpaired) electrons. The Balaban J connectivity index is 1.46. The van der Waals surface area contributed by atoms with Crippen molar-refractivity contribution in [2.75, 3.05) is 19.6 Å². The van der Waals surface area contributed by atoms with Gasteiger partial charge in [-0.2, -0.15) is 31.3 Å². The van der Waals surface area contributed by atoms with Crippen LogP contribution in [-0.2, 0) is 10.2 Å². The van der Waals surface area contributed by atoms with Gasteiger partial charge >= 0.3 is 6.55 Å². The molecule has 0 unspecified atom stereocenters. The molecule has 3 aliphatic heterocycles. The lowest BCUT2D eigenvalue weighted by Crippen LogP contribution is -2.46. The van der Waals surface area contributed by atoms with Crippen LogP contribution in [0.1, 0.15) is 49.1 Å². The highest BCUT2D eigenvalue weighted by molar-refractivity contribution is 7.87. The number of hydrogen-bond donors (Lipinski definition) is 1. The first-order chi connectivity index (χ1) is 19.5. The van der Waals surface area contributed by atoms with Crippen molar-refractivity contribution in [2.24, 2.45) is 16.8 Å². The first-order valence-electron chi connectivity index (χ1n) is 13.1. The van der Waals surface area contributed by atoms with Crippen LogP contribution in [0.5, 0.6) is 0 Å². The van der Waals surface area contributed by atoms with Crippen molar-refractivity contribution in [3.8, 4) is 0 Å². The Morgan fingerprint density at radius 1 is 1.15 bits per heavy atom. The summed E-state index contributed by atoms with van der Waals surface area (Å²) in [6.07, 6.45) is 3.05. The predicted molar refractivity (Wildman–Crippen MR) is 150 cm³/mol. The number of aromatic nitrogens is 3. The maximum absolute atomic E-state index is 14.0. The third-order valence-corrected chi connectivity index (χ3v) is 10.5. The average molecular weight is 626 g/mol. The van der Waals surface area contributed by atoms with Gasteiger partial charge in [0.1, 0.15) is 11.9 Å². The summed E-state index contributed by atoms with van der Waals surface area (Å²) in [5.74, 6) is 0.441. The van der Waals surface area contributed by atoms with Gasteiger partial charge < -0.3 is 4.90 Å². The minimum Gasteiger partial charge on any atom is -0.326 e. The van der Waals surface area contributed by atoms with Gasteiger partial charge in [0.05, 0.1) is 5.69 Å². The molecule has 0 bridgehead atoms. The lowest BCUT2D eigenvalue weighted by Gasteiger charge is -2.32. The van der Waals surface area contributed by atoms with Crippen molar-refractivity contribution in [2.45, 2.75) is 38.9 Å². The molecule has 2 fully saturated rings. The molecule has 2 aromatic heterocycles. The molecular formula is C26H27ClF3N7O2S2. The number of nitrogens with one attached hydrogen (secondary N) is 1. The minimum absolute atomic E-state index is 0.115. The van der Waals surface area contributed by atoms with Crippen molar-refractivity contribution in [1.29, 1.82) is 0 Å². The standard InChI is InChI=1S/C26H27ClF3N7O2S2/c1-14-11-35(12-15(14)2)41(38,39)34-17-10-21-22(20-5-7-37(33-20)26(29)30)23(18-4-3-16(28)9-19(18)27)32-24(36(21)13-17)25-31-6-8-40-25/h3-9,14-15,17,23,26,34H,10-13H2,1-2H3/t14-,15+,17-,23-/m0/s1. The van der Waals surface area contributed by atoms with Crippen LogP contribution in [-0.4, -0.2) is 63.9 Å². The lowest BCUT2D eigenvalue weighted by atomic mass is 9.92. The van der Waals surface area contributed by atoms with E-state index in [-0.39, 0.29) is 35.5 Å². The van der Waals surface area contributed by atoms with Crippen LogP contribution >= 0.6 is 22.9 Å². The maximum atomic E-state index is 14.0. The molecule has 3 aliphatic rings. The van der Waals surface area contributed by atoms with E-state index in [0.29, 0.717) is 45.4 Å². The number of nitrogens with zero attached hydrogens (tertiary/aromatic N) is 6. The topological polar surface area (TPSA) is 95.7 Å². The highest BCUT2D eigenvalue weighted by Gasteiger charge is 2.43. The molecule has 0 saturated carbocycles. The molecule has 5 heterocycles.